The Morgan fingerprint density at radius 3 is 2.00 bits per heavy atom. The molecule has 5 nitrogen and oxygen atoms in total. The largest absolute Gasteiger partial charge is 0.507 e. The molecular formula is C34H52N2O3. The van der Waals surface area contributed by atoms with Gasteiger partial charge in [0.05, 0.1) is 13.2 Å². The minimum Gasteiger partial charge on any atom is -0.507 e. The molecule has 0 radical (unpaired) electrons. The molecule has 39 heavy (non-hydrogen) atoms. The van der Waals surface area contributed by atoms with E-state index in [1.807, 2.05) is 18.3 Å². The van der Waals surface area contributed by atoms with Gasteiger partial charge in [-0.2, -0.15) is 0 Å². The minimum absolute atomic E-state index is 0.0106. The highest BCUT2D eigenvalue weighted by Gasteiger charge is 2.30. The molecule has 1 fully saturated rings. The third-order valence-corrected chi connectivity index (χ3v) is 8.10. The maximum atomic E-state index is 11.4. The van der Waals surface area contributed by atoms with E-state index in [1.165, 1.54) is 12.0 Å². The summed E-state index contributed by atoms with van der Waals surface area (Å²) in [5, 5.41) is 22.4. The highest BCUT2D eigenvalue weighted by Crippen LogP contribution is 2.39. The Balaban J connectivity index is 1.93. The molecule has 1 saturated carbocycles. The fourth-order valence-electron chi connectivity index (χ4n) is 5.58. The molecule has 0 unspecified atom stereocenters. The summed E-state index contributed by atoms with van der Waals surface area (Å²) in [6.07, 6.45) is 6.20. The van der Waals surface area contributed by atoms with E-state index >= 15 is 0 Å². The van der Waals surface area contributed by atoms with E-state index in [-0.39, 0.29) is 34.1 Å². The molecule has 0 spiro atoms. The van der Waals surface area contributed by atoms with Gasteiger partial charge in [-0.05, 0) is 59.4 Å². The first-order chi connectivity index (χ1) is 17.9. The Morgan fingerprint density at radius 2 is 1.44 bits per heavy atom. The summed E-state index contributed by atoms with van der Waals surface area (Å²) in [5.41, 5.74) is 4.38. The van der Waals surface area contributed by atoms with E-state index in [2.05, 4.69) is 86.4 Å². The molecule has 1 aliphatic carbocycles. The Labute approximate surface area is 237 Å². The third kappa shape index (κ3) is 7.36. The van der Waals surface area contributed by atoms with Crippen molar-refractivity contribution < 1.29 is 14.9 Å². The summed E-state index contributed by atoms with van der Waals surface area (Å²) in [7, 11) is 3.81. The number of phenolic OH excluding ortho intramolecular Hbond substituents is 2. The second-order valence-electron chi connectivity index (χ2n) is 14.5. The monoisotopic (exact) mass is 536 g/mol. The Hall–Kier alpha value is -2.53. The van der Waals surface area contributed by atoms with Gasteiger partial charge in [0.15, 0.2) is 0 Å². The van der Waals surface area contributed by atoms with Gasteiger partial charge in [0.1, 0.15) is 17.2 Å². The molecule has 3 rings (SSSR count). The van der Waals surface area contributed by atoms with Gasteiger partial charge in [-0.3, -0.25) is 9.89 Å². The van der Waals surface area contributed by atoms with Crippen LogP contribution >= 0.6 is 0 Å². The zero-order valence-electron chi connectivity index (χ0n) is 26.3. The summed E-state index contributed by atoms with van der Waals surface area (Å²) >= 11 is 0. The van der Waals surface area contributed by atoms with Crippen molar-refractivity contribution >= 4 is 6.21 Å². The molecule has 5 heteroatoms. The summed E-state index contributed by atoms with van der Waals surface area (Å²) in [6.45, 7) is 20.1. The predicted molar refractivity (Wildman–Crippen MR) is 164 cm³/mol. The van der Waals surface area contributed by atoms with E-state index in [9.17, 15) is 10.2 Å². The Morgan fingerprint density at radius 1 is 0.846 bits per heavy atom. The number of nitrogens with zero attached hydrogens (tertiary/aromatic N) is 2. The van der Waals surface area contributed by atoms with Crippen LogP contribution in [-0.2, 0) is 22.8 Å². The number of rotatable bonds is 6. The Kier molecular flexibility index (Phi) is 9.16. The van der Waals surface area contributed by atoms with Crippen LogP contribution in [0, 0.1) is 0 Å². The van der Waals surface area contributed by atoms with E-state index in [0.29, 0.717) is 17.9 Å². The fraction of sp³-hybridized carbons (Fsp3) is 0.618. The number of methoxy groups -OCH3 is 1. The van der Waals surface area contributed by atoms with Gasteiger partial charge in [0.2, 0.25) is 0 Å². The molecule has 216 valence electrons. The summed E-state index contributed by atoms with van der Waals surface area (Å²) in [6, 6.07) is 8.50. The number of aliphatic imine (C=N–C) groups is 1. The lowest BCUT2D eigenvalue weighted by molar-refractivity contribution is 0.162. The number of hydrogen-bond donors (Lipinski definition) is 2. The SMILES string of the molecule is COc1cc(C=N[C@@H]2CCCC[C@H]2N(C)Cc2cc(C(C)(C)C)cc(C(C)(C)C)c2O)c(O)c(C(C)(C)C)c1. The topological polar surface area (TPSA) is 65.3 Å². The average Bonchev–Trinajstić information content (AvgIpc) is 2.82. The summed E-state index contributed by atoms with van der Waals surface area (Å²) in [4.78, 5) is 7.41. The molecule has 0 aromatic heterocycles. The van der Waals surface area contributed by atoms with E-state index in [0.717, 1.165) is 41.7 Å². The highest BCUT2D eigenvalue weighted by molar-refractivity contribution is 5.85. The molecule has 0 aliphatic heterocycles. The first-order valence-corrected chi connectivity index (χ1v) is 14.4. The molecule has 0 bridgehead atoms. The number of ether oxygens (including phenoxy) is 1. The van der Waals surface area contributed by atoms with Gasteiger partial charge in [-0.25, -0.2) is 0 Å². The summed E-state index contributed by atoms with van der Waals surface area (Å²) in [5.74, 6) is 1.40. The van der Waals surface area contributed by atoms with Gasteiger partial charge in [-0.1, -0.05) is 87.3 Å². The first-order valence-electron chi connectivity index (χ1n) is 14.4. The van der Waals surface area contributed by atoms with Crippen LogP contribution in [0.2, 0.25) is 0 Å². The van der Waals surface area contributed by atoms with Gasteiger partial charge < -0.3 is 14.9 Å². The van der Waals surface area contributed by atoms with Gasteiger partial charge in [0.25, 0.3) is 0 Å². The molecule has 2 atom stereocenters. The van der Waals surface area contributed by atoms with Gasteiger partial charge >= 0.3 is 0 Å². The Bertz CT molecular complexity index is 1180. The van der Waals surface area contributed by atoms with E-state index < -0.39 is 0 Å². The van der Waals surface area contributed by atoms with E-state index in [1.54, 1.807) is 7.11 Å². The van der Waals surface area contributed by atoms with Crippen molar-refractivity contribution in [3.63, 3.8) is 0 Å². The number of benzene rings is 2. The standard InChI is InChI=1S/C34H52N2O3/c1-32(2,3)24-16-23(31(38)26(18-24)33(4,5)6)21-36(10)29-15-13-12-14-28(29)35-20-22-17-25(39-11)19-27(30(22)37)34(7,8)9/h16-20,28-29,37-38H,12-15,21H2,1-11H3/t28-,29-/m1/s1. The van der Waals surface area contributed by atoms with Crippen molar-refractivity contribution in [2.75, 3.05) is 14.2 Å². The normalized spacial score (nSPS) is 19.2. The average molecular weight is 537 g/mol. The maximum absolute atomic E-state index is 11.4. The number of likely N-dealkylation sites (N-methyl/N-ethyl adjacent to an activating group) is 1. The van der Waals surface area contributed by atoms with Crippen molar-refractivity contribution in [2.24, 2.45) is 4.99 Å². The van der Waals surface area contributed by atoms with Crippen LogP contribution in [0.4, 0.5) is 0 Å². The predicted octanol–water partition coefficient (Wildman–Crippen LogP) is 7.86. The molecule has 0 saturated heterocycles. The maximum Gasteiger partial charge on any atom is 0.128 e. The minimum atomic E-state index is -0.218. The van der Waals surface area contributed by atoms with E-state index in [4.69, 9.17) is 9.73 Å². The van der Waals surface area contributed by atoms with Crippen LogP contribution in [0.25, 0.3) is 0 Å². The van der Waals surface area contributed by atoms with Crippen molar-refractivity contribution in [3.8, 4) is 17.2 Å². The molecule has 2 aromatic carbocycles. The second kappa shape index (κ2) is 11.5. The number of phenols is 2. The van der Waals surface area contributed by atoms with Crippen molar-refractivity contribution in [1.29, 1.82) is 0 Å². The zero-order chi connectivity index (χ0) is 29.3. The van der Waals surface area contributed by atoms with Crippen molar-refractivity contribution in [2.45, 2.75) is 123 Å². The molecule has 1 aliphatic rings. The van der Waals surface area contributed by atoms with Gasteiger partial charge in [-0.15, -0.1) is 0 Å². The van der Waals surface area contributed by atoms with Crippen LogP contribution in [0.15, 0.2) is 29.3 Å². The lowest BCUT2D eigenvalue weighted by Crippen LogP contribution is -2.42. The smallest absolute Gasteiger partial charge is 0.128 e. The van der Waals surface area contributed by atoms with Crippen LogP contribution < -0.4 is 4.74 Å². The van der Waals surface area contributed by atoms with Crippen LogP contribution in [0.1, 0.15) is 116 Å². The fourth-order valence-corrected chi connectivity index (χ4v) is 5.58. The van der Waals surface area contributed by atoms with Crippen molar-refractivity contribution in [1.82, 2.24) is 4.90 Å². The second-order valence-corrected chi connectivity index (χ2v) is 14.5. The van der Waals surface area contributed by atoms with Crippen LogP contribution in [0.5, 0.6) is 17.2 Å². The zero-order valence-corrected chi connectivity index (χ0v) is 26.3. The molecule has 0 amide bonds. The number of aromatic hydroxyl groups is 2. The molecule has 2 aromatic rings. The first kappa shape index (κ1) is 31.0. The molecule has 0 heterocycles. The number of hydrogen-bond acceptors (Lipinski definition) is 5. The third-order valence-electron chi connectivity index (χ3n) is 8.10. The quantitative estimate of drug-likeness (QED) is 0.369. The van der Waals surface area contributed by atoms with Gasteiger partial charge in [0, 0.05) is 35.5 Å². The highest BCUT2D eigenvalue weighted by atomic mass is 16.5. The van der Waals surface area contributed by atoms with Crippen LogP contribution in [-0.4, -0.2) is 47.6 Å². The van der Waals surface area contributed by atoms with Crippen molar-refractivity contribution in [3.05, 3.63) is 52.1 Å². The molecular weight excluding hydrogens is 484 g/mol. The summed E-state index contributed by atoms with van der Waals surface area (Å²) < 4.78 is 5.54. The molecule has 2 N–H and O–H groups in total. The van der Waals surface area contributed by atoms with Crippen LogP contribution in [0.3, 0.4) is 0 Å². The lowest BCUT2D eigenvalue weighted by atomic mass is 9.78. The lowest BCUT2D eigenvalue weighted by Gasteiger charge is -2.37.